The van der Waals surface area contributed by atoms with Gasteiger partial charge >= 0.3 is 5.97 Å². The van der Waals surface area contributed by atoms with E-state index in [1.807, 2.05) is 6.07 Å². The molecule has 2 aromatic carbocycles. The maximum absolute atomic E-state index is 12.5. The first-order valence-electron chi connectivity index (χ1n) is 7.50. The van der Waals surface area contributed by atoms with Crippen molar-refractivity contribution in [2.75, 3.05) is 7.11 Å². The van der Waals surface area contributed by atoms with Crippen LogP contribution in [0, 0.1) is 0 Å². The van der Waals surface area contributed by atoms with E-state index in [1.165, 1.54) is 7.11 Å². The van der Waals surface area contributed by atoms with Gasteiger partial charge in [0.25, 0.3) is 5.91 Å². The van der Waals surface area contributed by atoms with E-state index in [0.29, 0.717) is 16.3 Å². The van der Waals surface area contributed by atoms with E-state index in [2.05, 4.69) is 5.32 Å². The summed E-state index contributed by atoms with van der Waals surface area (Å²) in [5.74, 6) is -0.692. The summed E-state index contributed by atoms with van der Waals surface area (Å²) in [6.07, 6.45) is 1.54. The lowest BCUT2D eigenvalue weighted by Gasteiger charge is -2.15. The minimum atomic E-state index is -0.979. The zero-order chi connectivity index (χ0) is 17.3. The molecule has 0 spiro atoms. The number of aryl methyl sites for hydroxylation is 1. The summed E-state index contributed by atoms with van der Waals surface area (Å²) in [7, 11) is 1.53. The van der Waals surface area contributed by atoms with Crippen LogP contribution in [0.15, 0.2) is 36.4 Å². The van der Waals surface area contributed by atoms with E-state index in [9.17, 15) is 9.59 Å². The summed E-state index contributed by atoms with van der Waals surface area (Å²) in [5.41, 5.74) is 2.50. The van der Waals surface area contributed by atoms with E-state index in [4.69, 9.17) is 21.4 Å². The lowest BCUT2D eigenvalue weighted by molar-refractivity contribution is 0.0696. The number of aromatic carboxylic acids is 1. The Kier molecular flexibility index (Phi) is 4.44. The molecule has 1 aliphatic rings. The molecule has 0 unspecified atom stereocenters. The molecular weight excluding hydrogens is 330 g/mol. The molecule has 5 nitrogen and oxygen atoms in total. The SMILES string of the molecule is COc1ccc(C(=O)N[C@@H]2CCc3ccc(C(=O)O)cc32)c(Cl)c1. The van der Waals surface area contributed by atoms with Crippen LogP contribution in [0.25, 0.3) is 0 Å². The van der Waals surface area contributed by atoms with Crippen LogP contribution in [-0.4, -0.2) is 24.1 Å². The van der Waals surface area contributed by atoms with Gasteiger partial charge in [0.2, 0.25) is 0 Å². The minimum absolute atomic E-state index is 0.218. The van der Waals surface area contributed by atoms with Gasteiger partial charge in [-0.05, 0) is 54.3 Å². The molecule has 0 fully saturated rings. The molecule has 2 aromatic rings. The van der Waals surface area contributed by atoms with E-state index >= 15 is 0 Å². The third-order valence-electron chi connectivity index (χ3n) is 4.20. The molecule has 6 heteroatoms. The Hall–Kier alpha value is -2.53. The van der Waals surface area contributed by atoms with Gasteiger partial charge in [-0.15, -0.1) is 0 Å². The smallest absolute Gasteiger partial charge is 0.335 e. The molecule has 2 N–H and O–H groups in total. The van der Waals surface area contributed by atoms with Gasteiger partial charge in [-0.25, -0.2) is 4.79 Å². The molecule has 0 bridgehead atoms. The summed E-state index contributed by atoms with van der Waals surface area (Å²) >= 11 is 6.14. The normalized spacial score (nSPS) is 15.7. The number of benzene rings is 2. The number of amides is 1. The van der Waals surface area contributed by atoms with Crippen LogP contribution in [0.4, 0.5) is 0 Å². The van der Waals surface area contributed by atoms with Crippen LogP contribution < -0.4 is 10.1 Å². The van der Waals surface area contributed by atoms with Gasteiger partial charge in [0.1, 0.15) is 5.75 Å². The summed E-state index contributed by atoms with van der Waals surface area (Å²) in [5, 5.41) is 12.4. The molecule has 0 aromatic heterocycles. The number of methoxy groups -OCH3 is 1. The first-order chi connectivity index (χ1) is 11.5. The number of carbonyl (C=O) groups is 2. The predicted molar refractivity (Wildman–Crippen MR) is 89.9 cm³/mol. The molecule has 0 radical (unpaired) electrons. The lowest BCUT2D eigenvalue weighted by atomic mass is 10.0. The van der Waals surface area contributed by atoms with E-state index < -0.39 is 5.97 Å². The monoisotopic (exact) mass is 345 g/mol. The van der Waals surface area contributed by atoms with E-state index in [0.717, 1.165) is 24.0 Å². The summed E-state index contributed by atoms with van der Waals surface area (Å²) in [6, 6.07) is 9.68. The van der Waals surface area contributed by atoms with Crippen LogP contribution in [0.5, 0.6) is 5.75 Å². The third-order valence-corrected chi connectivity index (χ3v) is 4.51. The molecule has 0 saturated heterocycles. The van der Waals surface area contributed by atoms with Crippen molar-refractivity contribution in [2.45, 2.75) is 18.9 Å². The number of carboxylic acids is 1. The summed E-state index contributed by atoms with van der Waals surface area (Å²) in [4.78, 5) is 23.6. The average Bonchev–Trinajstić information content (AvgIpc) is 2.96. The Balaban J connectivity index is 1.82. The molecule has 124 valence electrons. The second-order valence-electron chi connectivity index (χ2n) is 5.63. The number of nitrogens with one attached hydrogen (secondary N) is 1. The molecular formula is C18H16ClNO4. The van der Waals surface area contributed by atoms with Gasteiger partial charge in [-0.3, -0.25) is 4.79 Å². The molecule has 1 aliphatic carbocycles. The fraction of sp³-hybridized carbons (Fsp3) is 0.222. The Morgan fingerprint density at radius 2 is 2.04 bits per heavy atom. The van der Waals surface area contributed by atoms with Crippen molar-refractivity contribution >= 4 is 23.5 Å². The molecule has 1 amide bonds. The fourth-order valence-corrected chi connectivity index (χ4v) is 3.18. The van der Waals surface area contributed by atoms with Gasteiger partial charge in [-0.2, -0.15) is 0 Å². The average molecular weight is 346 g/mol. The van der Waals surface area contributed by atoms with E-state index in [1.54, 1.807) is 30.3 Å². The van der Waals surface area contributed by atoms with Crippen molar-refractivity contribution in [3.63, 3.8) is 0 Å². The molecule has 0 saturated carbocycles. The lowest BCUT2D eigenvalue weighted by Crippen LogP contribution is -2.27. The maximum atomic E-state index is 12.5. The molecule has 24 heavy (non-hydrogen) atoms. The van der Waals surface area contributed by atoms with Crippen molar-refractivity contribution in [3.8, 4) is 5.75 Å². The van der Waals surface area contributed by atoms with Crippen LogP contribution >= 0.6 is 11.6 Å². The zero-order valence-electron chi connectivity index (χ0n) is 13.0. The van der Waals surface area contributed by atoms with Crippen molar-refractivity contribution in [1.82, 2.24) is 5.32 Å². The number of hydrogen-bond donors (Lipinski definition) is 2. The second-order valence-corrected chi connectivity index (χ2v) is 6.04. The number of rotatable bonds is 4. The predicted octanol–water partition coefficient (Wildman–Crippen LogP) is 3.46. The topological polar surface area (TPSA) is 75.6 Å². The van der Waals surface area contributed by atoms with Crippen LogP contribution in [-0.2, 0) is 6.42 Å². The Morgan fingerprint density at radius 3 is 2.71 bits per heavy atom. The Morgan fingerprint density at radius 1 is 1.25 bits per heavy atom. The van der Waals surface area contributed by atoms with Crippen LogP contribution in [0.1, 0.15) is 44.3 Å². The summed E-state index contributed by atoms with van der Waals surface area (Å²) < 4.78 is 5.07. The molecule has 0 aliphatic heterocycles. The first-order valence-corrected chi connectivity index (χ1v) is 7.88. The summed E-state index contributed by atoms with van der Waals surface area (Å²) in [6.45, 7) is 0. The van der Waals surface area contributed by atoms with Gasteiger partial charge < -0.3 is 15.2 Å². The maximum Gasteiger partial charge on any atom is 0.335 e. The van der Waals surface area contributed by atoms with Crippen LogP contribution in [0.2, 0.25) is 5.02 Å². The van der Waals surface area contributed by atoms with Gasteiger partial charge in [0.15, 0.2) is 0 Å². The third kappa shape index (κ3) is 3.08. The van der Waals surface area contributed by atoms with Crippen molar-refractivity contribution in [2.24, 2.45) is 0 Å². The van der Waals surface area contributed by atoms with Gasteiger partial charge in [-0.1, -0.05) is 17.7 Å². The van der Waals surface area contributed by atoms with Crippen LogP contribution in [0.3, 0.4) is 0 Å². The number of carboxylic acid groups (broad SMARTS) is 1. The highest BCUT2D eigenvalue weighted by Crippen LogP contribution is 2.32. The largest absolute Gasteiger partial charge is 0.497 e. The Labute approximate surface area is 144 Å². The first kappa shape index (κ1) is 16.3. The zero-order valence-corrected chi connectivity index (χ0v) is 13.8. The van der Waals surface area contributed by atoms with Crippen molar-refractivity contribution in [3.05, 3.63) is 63.7 Å². The highest BCUT2D eigenvalue weighted by atomic mass is 35.5. The minimum Gasteiger partial charge on any atom is -0.497 e. The molecule has 3 rings (SSSR count). The molecule has 0 heterocycles. The number of carbonyl (C=O) groups excluding carboxylic acids is 1. The number of ether oxygens (including phenoxy) is 1. The number of halogens is 1. The highest BCUT2D eigenvalue weighted by molar-refractivity contribution is 6.34. The van der Waals surface area contributed by atoms with Crippen molar-refractivity contribution in [1.29, 1.82) is 0 Å². The molecule has 1 atom stereocenters. The van der Waals surface area contributed by atoms with Gasteiger partial charge in [0.05, 0.1) is 29.3 Å². The van der Waals surface area contributed by atoms with E-state index in [-0.39, 0.29) is 17.5 Å². The van der Waals surface area contributed by atoms with Crippen molar-refractivity contribution < 1.29 is 19.4 Å². The number of hydrogen-bond acceptors (Lipinski definition) is 3. The fourth-order valence-electron chi connectivity index (χ4n) is 2.93. The quantitative estimate of drug-likeness (QED) is 0.889. The highest BCUT2D eigenvalue weighted by Gasteiger charge is 2.26. The second kappa shape index (κ2) is 6.53. The number of fused-ring (bicyclic) bond motifs is 1. The Bertz CT molecular complexity index is 819. The van der Waals surface area contributed by atoms with Gasteiger partial charge in [0, 0.05) is 0 Å². The standard InChI is InChI=1S/C18H16ClNO4/c1-24-12-5-6-13(15(19)9-12)17(21)20-16-7-4-10-2-3-11(18(22)23)8-14(10)16/h2-3,5-6,8-9,16H,4,7H2,1H3,(H,20,21)(H,22,23)/t16-/m1/s1.